The van der Waals surface area contributed by atoms with Crippen LogP contribution in [0.1, 0.15) is 66.8 Å². The van der Waals surface area contributed by atoms with Gasteiger partial charge in [0.1, 0.15) is 12.1 Å². The summed E-state index contributed by atoms with van der Waals surface area (Å²) in [5.74, 6) is -1.14. The zero-order valence-corrected chi connectivity index (χ0v) is 33.2. The van der Waals surface area contributed by atoms with E-state index in [0.717, 1.165) is 16.7 Å². The number of nitrogens with one attached hydrogen (secondary N) is 3. The van der Waals surface area contributed by atoms with Crippen LogP contribution in [-0.2, 0) is 20.1 Å². The summed E-state index contributed by atoms with van der Waals surface area (Å²) < 4.78 is 0. The molecule has 0 radical (unpaired) electrons. The third kappa shape index (κ3) is 11.2. The topological polar surface area (TPSA) is 138 Å². The smallest absolute Gasteiger partial charge is 0.261 e. The van der Waals surface area contributed by atoms with Crippen LogP contribution in [0.15, 0.2) is 115 Å². The van der Waals surface area contributed by atoms with E-state index < -0.39 is 34.6 Å². The normalized spacial score (nSPS) is 14.1. The van der Waals surface area contributed by atoms with E-state index >= 15 is 0 Å². The lowest BCUT2D eigenvalue weighted by molar-refractivity contribution is -0.131. The van der Waals surface area contributed by atoms with Crippen molar-refractivity contribution in [2.45, 2.75) is 63.6 Å². The molecular weight excluding hydrogens is 731 g/mol. The Morgan fingerprint density at radius 1 is 0.782 bits per heavy atom. The fourth-order valence-electron chi connectivity index (χ4n) is 6.10. The molecule has 0 bridgehead atoms. The maximum absolute atomic E-state index is 14.1. The molecule has 2 heterocycles. The Bertz CT molecular complexity index is 1970. The lowest BCUT2D eigenvalue weighted by Gasteiger charge is -2.32. The predicted octanol–water partition coefficient (Wildman–Crippen LogP) is 7.35. The summed E-state index contributed by atoms with van der Waals surface area (Å²) in [6.45, 7) is 11.5. The lowest BCUT2D eigenvalue weighted by atomic mass is 9.86. The molecule has 1 aromatic heterocycles. The summed E-state index contributed by atoms with van der Waals surface area (Å²) >= 11 is 2.77. The van der Waals surface area contributed by atoms with Crippen molar-refractivity contribution >= 4 is 58.7 Å². The van der Waals surface area contributed by atoms with E-state index in [0.29, 0.717) is 40.3 Å². The van der Waals surface area contributed by atoms with E-state index in [1.165, 1.54) is 28.4 Å². The van der Waals surface area contributed by atoms with Gasteiger partial charge in [0.25, 0.3) is 11.8 Å². The van der Waals surface area contributed by atoms with Gasteiger partial charge in [-0.05, 0) is 71.0 Å². The average molecular weight is 778 g/mol. The molecule has 1 aliphatic rings. The molecule has 0 aliphatic carbocycles. The third-order valence-electron chi connectivity index (χ3n) is 8.97. The molecule has 12 heteroatoms. The van der Waals surface area contributed by atoms with Crippen molar-refractivity contribution in [1.82, 2.24) is 20.5 Å². The van der Waals surface area contributed by atoms with E-state index in [-0.39, 0.29) is 30.0 Å². The molecule has 1 aliphatic heterocycles. The van der Waals surface area contributed by atoms with Gasteiger partial charge in [0, 0.05) is 36.1 Å². The second-order valence-corrected chi connectivity index (χ2v) is 17.0. The number of rotatable bonds is 17. The van der Waals surface area contributed by atoms with Crippen molar-refractivity contribution in [2.75, 3.05) is 17.6 Å². The SMILES string of the molecule is C=C(C)SC(CCCN1C(=O)c2ccccc2C1=O)C(=O)N[C@@H](CSCc1ccc(-c2ccccc2)cc1)C(=O)N[C@H](C(=O)Nc1ccncc1)C(C)(C)C. The first kappa shape index (κ1) is 41.0. The van der Waals surface area contributed by atoms with E-state index in [4.69, 9.17) is 0 Å². The van der Waals surface area contributed by atoms with Gasteiger partial charge in [-0.2, -0.15) is 11.8 Å². The van der Waals surface area contributed by atoms with Crippen LogP contribution in [0.5, 0.6) is 0 Å². The molecule has 0 fully saturated rings. The number of fused-ring (bicyclic) bond motifs is 1. The van der Waals surface area contributed by atoms with Crippen LogP contribution in [0.3, 0.4) is 0 Å². The Hall–Kier alpha value is -5.20. The summed E-state index contributed by atoms with van der Waals surface area (Å²) in [5.41, 5.74) is 3.90. The Morgan fingerprint density at radius 2 is 1.38 bits per heavy atom. The maximum Gasteiger partial charge on any atom is 0.261 e. The average Bonchev–Trinajstić information content (AvgIpc) is 3.41. The first-order chi connectivity index (χ1) is 26.3. The third-order valence-corrected chi connectivity index (χ3v) is 11.2. The summed E-state index contributed by atoms with van der Waals surface area (Å²) in [4.78, 5) is 73.4. The molecule has 5 rings (SSSR count). The van der Waals surface area contributed by atoms with Crippen LogP contribution >= 0.6 is 23.5 Å². The molecule has 3 atom stereocenters. The second kappa shape index (κ2) is 18.9. The number of imide groups is 1. The minimum absolute atomic E-state index is 0.148. The van der Waals surface area contributed by atoms with Crippen molar-refractivity contribution in [3.63, 3.8) is 0 Å². The zero-order chi connectivity index (χ0) is 39.5. The van der Waals surface area contributed by atoms with E-state index in [9.17, 15) is 24.0 Å². The van der Waals surface area contributed by atoms with Crippen LogP contribution in [0.4, 0.5) is 5.69 Å². The van der Waals surface area contributed by atoms with E-state index in [2.05, 4.69) is 63.9 Å². The largest absolute Gasteiger partial charge is 0.343 e. The Balaban J connectivity index is 1.29. The summed E-state index contributed by atoms with van der Waals surface area (Å²) in [7, 11) is 0. The molecule has 3 aromatic carbocycles. The van der Waals surface area contributed by atoms with Crippen molar-refractivity contribution < 1.29 is 24.0 Å². The molecule has 4 aromatic rings. The number of hydrogen-bond donors (Lipinski definition) is 3. The fourth-order valence-corrected chi connectivity index (χ4v) is 8.06. The van der Waals surface area contributed by atoms with Crippen LogP contribution in [0.25, 0.3) is 11.1 Å². The van der Waals surface area contributed by atoms with E-state index in [1.54, 1.807) is 55.7 Å². The highest BCUT2D eigenvalue weighted by Gasteiger charge is 2.37. The monoisotopic (exact) mass is 777 g/mol. The minimum Gasteiger partial charge on any atom is -0.343 e. The van der Waals surface area contributed by atoms with E-state index in [1.807, 2.05) is 39.0 Å². The number of allylic oxidation sites excluding steroid dienone is 1. The maximum atomic E-state index is 14.1. The number of amides is 5. The number of pyridine rings is 1. The highest BCUT2D eigenvalue weighted by molar-refractivity contribution is 8.04. The number of thioether (sulfide) groups is 2. The summed E-state index contributed by atoms with van der Waals surface area (Å²) in [6.07, 6.45) is 3.83. The molecule has 0 spiro atoms. The highest BCUT2D eigenvalue weighted by atomic mass is 32.2. The molecule has 10 nitrogen and oxygen atoms in total. The van der Waals surface area contributed by atoms with Gasteiger partial charge in [-0.1, -0.05) is 94.1 Å². The minimum atomic E-state index is -0.982. The van der Waals surface area contributed by atoms with Crippen LogP contribution in [0, 0.1) is 5.41 Å². The van der Waals surface area contributed by atoms with Gasteiger partial charge in [-0.3, -0.25) is 33.9 Å². The number of hydrogen-bond acceptors (Lipinski definition) is 8. The quantitative estimate of drug-likeness (QED) is 0.0948. The molecule has 5 amide bonds. The van der Waals surface area contributed by atoms with Crippen molar-refractivity contribution in [3.8, 4) is 11.1 Å². The lowest BCUT2D eigenvalue weighted by Crippen LogP contribution is -2.58. The standard InChI is InChI=1S/C43H47N5O5S2/c1-28(2)55-36(16-11-25-48-41(52)33-14-9-10-15-34(33)42(48)53)39(50)46-35(27-54-26-29-17-19-31(20-18-29)30-12-7-6-8-13-30)38(49)47-37(43(3,4)5)40(51)45-32-21-23-44-24-22-32/h6-10,12-15,17-24,35-37H,1,11,16,25-27H2,2-5H3,(H,46,50)(H,47,49)(H,44,45,51)/t35-,36?,37+/m0/s1. The number of nitrogens with zero attached hydrogens (tertiary/aromatic N) is 2. The number of anilines is 1. The van der Waals surface area contributed by atoms with Gasteiger partial charge in [0.2, 0.25) is 17.7 Å². The molecule has 1 unspecified atom stereocenters. The predicted molar refractivity (Wildman–Crippen MR) is 221 cm³/mol. The molecule has 0 saturated carbocycles. The van der Waals surface area contributed by atoms with Gasteiger partial charge in [0.15, 0.2) is 0 Å². The number of benzene rings is 3. The first-order valence-electron chi connectivity index (χ1n) is 18.1. The number of aromatic nitrogens is 1. The molecular formula is C43H47N5O5S2. The van der Waals surface area contributed by atoms with Crippen LogP contribution < -0.4 is 16.0 Å². The first-order valence-corrected chi connectivity index (χ1v) is 20.2. The van der Waals surface area contributed by atoms with Crippen molar-refractivity contribution in [3.05, 3.63) is 132 Å². The zero-order valence-electron chi connectivity index (χ0n) is 31.5. The Morgan fingerprint density at radius 3 is 1.98 bits per heavy atom. The molecule has 0 saturated heterocycles. The number of carbonyl (C=O) groups is 5. The Kier molecular flexibility index (Phi) is 14.1. The van der Waals surface area contributed by atoms with Crippen molar-refractivity contribution in [1.29, 1.82) is 0 Å². The van der Waals surface area contributed by atoms with Crippen LogP contribution in [-0.4, -0.2) is 69.1 Å². The molecule has 55 heavy (non-hydrogen) atoms. The fraction of sp³-hybridized carbons (Fsp3) is 0.302. The molecule has 3 N–H and O–H groups in total. The number of carbonyl (C=O) groups excluding carboxylic acids is 5. The van der Waals surface area contributed by atoms with Gasteiger partial charge in [-0.25, -0.2) is 0 Å². The van der Waals surface area contributed by atoms with Gasteiger partial charge in [-0.15, -0.1) is 11.8 Å². The second-order valence-electron chi connectivity index (χ2n) is 14.4. The Labute approximate surface area is 331 Å². The van der Waals surface area contributed by atoms with Gasteiger partial charge >= 0.3 is 0 Å². The van der Waals surface area contributed by atoms with Crippen LogP contribution in [0.2, 0.25) is 0 Å². The summed E-state index contributed by atoms with van der Waals surface area (Å²) in [5, 5.41) is 8.12. The van der Waals surface area contributed by atoms with Crippen molar-refractivity contribution in [2.24, 2.45) is 5.41 Å². The molecule has 286 valence electrons. The summed E-state index contributed by atoms with van der Waals surface area (Å²) in [6, 6.07) is 26.5. The highest BCUT2D eigenvalue weighted by Crippen LogP contribution is 2.28. The van der Waals surface area contributed by atoms with Gasteiger partial charge < -0.3 is 16.0 Å². The van der Waals surface area contributed by atoms with Gasteiger partial charge in [0.05, 0.1) is 16.4 Å².